The van der Waals surface area contributed by atoms with E-state index in [9.17, 15) is 4.79 Å². The van der Waals surface area contributed by atoms with Gasteiger partial charge in [-0.15, -0.1) is 0 Å². The number of fused-ring (bicyclic) bond motifs is 1. The maximum Gasteiger partial charge on any atom is 0.226 e. The van der Waals surface area contributed by atoms with Crippen molar-refractivity contribution in [2.24, 2.45) is 0 Å². The van der Waals surface area contributed by atoms with Gasteiger partial charge in [0.15, 0.2) is 5.13 Å². The number of thiazole rings is 1. The molecule has 0 aliphatic heterocycles. The van der Waals surface area contributed by atoms with Crippen molar-refractivity contribution in [1.82, 2.24) is 4.98 Å². The second-order valence-corrected chi connectivity index (χ2v) is 7.25. The van der Waals surface area contributed by atoms with Crippen LogP contribution in [0.5, 0.6) is 11.5 Å². The van der Waals surface area contributed by atoms with Gasteiger partial charge in [-0.3, -0.25) is 4.79 Å². The lowest BCUT2D eigenvalue weighted by Gasteiger charge is -2.06. The number of nitrogens with zero attached hydrogens (tertiary/aromatic N) is 1. The number of hydrogen-bond acceptors (Lipinski definition) is 5. The fraction of sp³-hybridized carbons (Fsp3) is 0.222. The molecule has 3 aromatic rings. The maximum absolute atomic E-state index is 12.0. The first-order chi connectivity index (χ1) is 12.1. The standard InChI is InChI=1S/C18H17BrN2O3S/c1-23-14-8-9-15-16(11-14)25-18(20-15)21-17(22)3-2-10-24-13-6-4-12(19)5-7-13/h4-9,11H,2-3,10H2,1H3,(H,20,21,22). The highest BCUT2D eigenvalue weighted by atomic mass is 79.9. The molecule has 0 radical (unpaired) electrons. The summed E-state index contributed by atoms with van der Waals surface area (Å²) in [6.07, 6.45) is 1.02. The van der Waals surface area contributed by atoms with E-state index in [0.29, 0.717) is 24.6 Å². The van der Waals surface area contributed by atoms with Crippen LogP contribution in [-0.2, 0) is 4.79 Å². The lowest BCUT2D eigenvalue weighted by atomic mass is 10.3. The Morgan fingerprint density at radius 2 is 1.96 bits per heavy atom. The molecule has 7 heteroatoms. The van der Waals surface area contributed by atoms with E-state index in [1.165, 1.54) is 11.3 Å². The van der Waals surface area contributed by atoms with Gasteiger partial charge in [0.2, 0.25) is 5.91 Å². The summed E-state index contributed by atoms with van der Waals surface area (Å²) in [6, 6.07) is 13.3. The van der Waals surface area contributed by atoms with Crippen molar-refractivity contribution in [2.75, 3.05) is 19.0 Å². The lowest BCUT2D eigenvalue weighted by molar-refractivity contribution is -0.116. The third-order valence-corrected chi connectivity index (χ3v) is 4.93. The maximum atomic E-state index is 12.0. The molecule has 0 fully saturated rings. The molecule has 0 saturated heterocycles. The number of amides is 1. The smallest absolute Gasteiger partial charge is 0.226 e. The zero-order valence-electron chi connectivity index (χ0n) is 13.6. The molecular formula is C18H17BrN2O3S. The molecule has 130 valence electrons. The normalized spacial score (nSPS) is 10.6. The summed E-state index contributed by atoms with van der Waals surface area (Å²) in [5.41, 5.74) is 0.847. The molecule has 3 rings (SSSR count). The van der Waals surface area contributed by atoms with Gasteiger partial charge in [-0.1, -0.05) is 27.3 Å². The highest BCUT2D eigenvalue weighted by molar-refractivity contribution is 9.10. The number of aromatic nitrogens is 1. The Balaban J connectivity index is 1.46. The van der Waals surface area contributed by atoms with Gasteiger partial charge in [0, 0.05) is 10.9 Å². The number of methoxy groups -OCH3 is 1. The van der Waals surface area contributed by atoms with Crippen LogP contribution < -0.4 is 14.8 Å². The van der Waals surface area contributed by atoms with E-state index < -0.39 is 0 Å². The number of anilines is 1. The molecule has 0 aliphatic carbocycles. The average molecular weight is 421 g/mol. The molecule has 0 spiro atoms. The van der Waals surface area contributed by atoms with E-state index in [2.05, 4.69) is 26.2 Å². The van der Waals surface area contributed by atoms with Crippen molar-refractivity contribution < 1.29 is 14.3 Å². The fourth-order valence-electron chi connectivity index (χ4n) is 2.22. The van der Waals surface area contributed by atoms with Gasteiger partial charge in [0.05, 0.1) is 23.9 Å². The molecule has 5 nitrogen and oxygen atoms in total. The van der Waals surface area contributed by atoms with E-state index in [0.717, 1.165) is 26.2 Å². The average Bonchev–Trinajstić information content (AvgIpc) is 3.01. The third kappa shape index (κ3) is 4.93. The first kappa shape index (κ1) is 17.7. The Morgan fingerprint density at radius 3 is 2.72 bits per heavy atom. The molecule has 2 aromatic carbocycles. The number of halogens is 1. The van der Waals surface area contributed by atoms with Crippen molar-refractivity contribution in [2.45, 2.75) is 12.8 Å². The number of carbonyl (C=O) groups is 1. The summed E-state index contributed by atoms with van der Waals surface area (Å²) in [7, 11) is 1.63. The number of benzene rings is 2. The van der Waals surface area contributed by atoms with E-state index in [1.54, 1.807) is 7.11 Å². The number of carbonyl (C=O) groups excluding carboxylic acids is 1. The van der Waals surface area contributed by atoms with Crippen LogP contribution in [0.3, 0.4) is 0 Å². The highest BCUT2D eigenvalue weighted by Gasteiger charge is 2.08. The molecule has 0 saturated carbocycles. The van der Waals surface area contributed by atoms with E-state index in [4.69, 9.17) is 9.47 Å². The predicted molar refractivity (Wildman–Crippen MR) is 104 cm³/mol. The van der Waals surface area contributed by atoms with Crippen LogP contribution >= 0.6 is 27.3 Å². The van der Waals surface area contributed by atoms with Crippen LogP contribution in [0.25, 0.3) is 10.2 Å². The summed E-state index contributed by atoms with van der Waals surface area (Å²) in [5.74, 6) is 1.51. The molecule has 1 amide bonds. The van der Waals surface area contributed by atoms with E-state index in [-0.39, 0.29) is 5.91 Å². The van der Waals surface area contributed by atoms with Gasteiger partial charge in [-0.2, -0.15) is 0 Å². The minimum Gasteiger partial charge on any atom is -0.497 e. The van der Waals surface area contributed by atoms with Crippen molar-refractivity contribution >= 4 is 48.5 Å². The van der Waals surface area contributed by atoms with Crippen LogP contribution in [0.2, 0.25) is 0 Å². The summed E-state index contributed by atoms with van der Waals surface area (Å²) in [4.78, 5) is 16.4. The molecule has 0 atom stereocenters. The Hall–Kier alpha value is -2.12. The first-order valence-corrected chi connectivity index (χ1v) is 9.38. The van der Waals surface area contributed by atoms with Gasteiger partial charge < -0.3 is 14.8 Å². The van der Waals surface area contributed by atoms with Crippen molar-refractivity contribution in [3.8, 4) is 11.5 Å². The zero-order valence-corrected chi connectivity index (χ0v) is 16.0. The molecule has 0 aliphatic rings. The van der Waals surface area contributed by atoms with Gasteiger partial charge in [0.25, 0.3) is 0 Å². The van der Waals surface area contributed by atoms with E-state index in [1.807, 2.05) is 42.5 Å². The van der Waals surface area contributed by atoms with Crippen LogP contribution in [0, 0.1) is 0 Å². The monoisotopic (exact) mass is 420 g/mol. The summed E-state index contributed by atoms with van der Waals surface area (Å²) in [5, 5.41) is 3.44. The Kier molecular flexibility index (Phi) is 5.88. The Bertz CT molecular complexity index is 864. The molecule has 25 heavy (non-hydrogen) atoms. The summed E-state index contributed by atoms with van der Waals surface area (Å²) in [6.45, 7) is 0.492. The molecule has 1 aromatic heterocycles. The van der Waals surface area contributed by atoms with Crippen LogP contribution in [0.15, 0.2) is 46.9 Å². The zero-order chi connectivity index (χ0) is 17.6. The number of hydrogen-bond donors (Lipinski definition) is 1. The van der Waals surface area contributed by atoms with Gasteiger partial charge in [-0.25, -0.2) is 4.98 Å². The Labute approximate surface area is 158 Å². The predicted octanol–water partition coefficient (Wildman–Crippen LogP) is 4.87. The van der Waals surface area contributed by atoms with Crippen LogP contribution in [-0.4, -0.2) is 24.6 Å². The highest BCUT2D eigenvalue weighted by Crippen LogP contribution is 2.29. The lowest BCUT2D eigenvalue weighted by Crippen LogP contribution is -2.12. The summed E-state index contributed by atoms with van der Waals surface area (Å²) < 4.78 is 12.8. The molecule has 1 N–H and O–H groups in total. The van der Waals surface area contributed by atoms with Gasteiger partial charge in [-0.05, 0) is 48.9 Å². The topological polar surface area (TPSA) is 60.5 Å². The van der Waals surface area contributed by atoms with E-state index >= 15 is 0 Å². The molecule has 0 bridgehead atoms. The molecular weight excluding hydrogens is 404 g/mol. The van der Waals surface area contributed by atoms with Gasteiger partial charge >= 0.3 is 0 Å². The Morgan fingerprint density at radius 1 is 1.20 bits per heavy atom. The second kappa shape index (κ2) is 8.31. The van der Waals surface area contributed by atoms with Crippen molar-refractivity contribution in [3.05, 3.63) is 46.9 Å². The molecule has 1 heterocycles. The second-order valence-electron chi connectivity index (χ2n) is 5.31. The van der Waals surface area contributed by atoms with Gasteiger partial charge in [0.1, 0.15) is 11.5 Å². The number of rotatable bonds is 7. The third-order valence-electron chi connectivity index (χ3n) is 3.47. The van der Waals surface area contributed by atoms with Crippen molar-refractivity contribution in [3.63, 3.8) is 0 Å². The SMILES string of the molecule is COc1ccc2nc(NC(=O)CCCOc3ccc(Br)cc3)sc2c1. The minimum atomic E-state index is -0.0644. The number of ether oxygens (including phenoxy) is 2. The number of nitrogens with one attached hydrogen (secondary N) is 1. The van der Waals surface area contributed by atoms with Crippen LogP contribution in [0.1, 0.15) is 12.8 Å². The van der Waals surface area contributed by atoms with Crippen LogP contribution in [0.4, 0.5) is 5.13 Å². The van der Waals surface area contributed by atoms with Crippen molar-refractivity contribution in [1.29, 1.82) is 0 Å². The largest absolute Gasteiger partial charge is 0.497 e. The fourth-order valence-corrected chi connectivity index (χ4v) is 3.40. The molecule has 0 unspecified atom stereocenters. The first-order valence-electron chi connectivity index (χ1n) is 7.77. The quantitative estimate of drug-likeness (QED) is 0.554. The summed E-state index contributed by atoms with van der Waals surface area (Å²) >= 11 is 4.81. The minimum absolute atomic E-state index is 0.0644.